The number of aromatic carboxylic acids is 1. The van der Waals surface area contributed by atoms with E-state index in [2.05, 4.69) is 224 Å². The molecule has 135 heavy (non-hydrogen) atoms. The molecule has 1 N–H and O–H groups in total. The number of benzene rings is 7. The summed E-state index contributed by atoms with van der Waals surface area (Å²) in [6.45, 7) is 20.7. The van der Waals surface area contributed by atoms with E-state index < -0.39 is 75.5 Å². The van der Waals surface area contributed by atoms with E-state index in [4.69, 9.17) is 5.11 Å². The second-order valence-electron chi connectivity index (χ2n) is 33.0. The molecule has 17 aromatic rings. The number of aromatic nitrogens is 10. The van der Waals surface area contributed by atoms with E-state index >= 15 is 0 Å². The van der Waals surface area contributed by atoms with Crippen molar-refractivity contribution in [3.05, 3.63) is 432 Å². The number of nitrogens with zero attached hydrogens (tertiary/aromatic N) is 12. The van der Waals surface area contributed by atoms with Crippen LogP contribution in [0.3, 0.4) is 0 Å². The minimum absolute atomic E-state index is 0. The van der Waals surface area contributed by atoms with Gasteiger partial charge in [-0.05, 0) is 180 Å². The van der Waals surface area contributed by atoms with Crippen LogP contribution in [0.5, 0.6) is 0 Å². The van der Waals surface area contributed by atoms with E-state index in [-0.39, 0.29) is 151 Å². The Morgan fingerprint density at radius 2 is 0.637 bits per heavy atom. The van der Waals surface area contributed by atoms with Gasteiger partial charge in [0.05, 0.1) is 5.69 Å². The molecule has 690 valence electrons. The number of hydrogen-bond acceptors (Lipinski definition) is 13. The average Bonchev–Trinajstić information content (AvgIpc) is 0.822. The van der Waals surface area contributed by atoms with E-state index in [1.807, 2.05) is 76.5 Å². The van der Waals surface area contributed by atoms with Crippen LogP contribution in [0.4, 0.5) is 78.3 Å². The van der Waals surface area contributed by atoms with E-state index in [9.17, 15) is 48.7 Å². The minimum Gasteiger partial charge on any atom is -0.477 e. The van der Waals surface area contributed by atoms with Crippen molar-refractivity contribution >= 4 is 40.4 Å². The number of carboxylic acids is 1. The molecule has 0 amide bonds. The molecule has 10 heterocycles. The third-order valence-electron chi connectivity index (χ3n) is 20.9. The van der Waals surface area contributed by atoms with Crippen LogP contribution in [0.2, 0.25) is 0 Å². The van der Waals surface area contributed by atoms with Crippen LogP contribution >= 0.6 is 0 Å². The molecule has 14 nitrogen and oxygen atoms in total. The topological polar surface area (TPSA) is 173 Å². The summed E-state index contributed by atoms with van der Waals surface area (Å²) >= 11 is 0. The Bertz CT molecular complexity index is 6730. The van der Waals surface area contributed by atoms with Gasteiger partial charge in [-0.2, -0.15) is 0 Å². The van der Waals surface area contributed by atoms with Gasteiger partial charge in [0, 0.05) is 108 Å². The van der Waals surface area contributed by atoms with Crippen LogP contribution in [-0.2, 0) is 106 Å². The molecule has 10 aromatic heterocycles. The SMILES string of the molecule is CC(C)(C)c1ccnc(-c2[c-]c(N(c3[c-]c(-c4cc(C(C)(C)C)ccn4)ccc3)c3ccccc3)ccc2)c1.CC(C)(c1cccc(-c2[c-]cc(F)nc2F)n1)c1cccc(-c2[c-]cc(F)nc2F)n1.CC(C)(c1cccc(C(=O)O)n1)c1cccc(-c2[c-]cc(F)cc2F)n1.Fc1c[c-]c(-c2cccc(N(c3ccccc3)c3cccc(-c4[c-]cc(F)cc4F)n3)n2)c(F)c1.[Pt+2].[Pt+2].[Pt+2].[Pt]. The van der Waals surface area contributed by atoms with Crippen LogP contribution in [0.1, 0.15) is 114 Å². The molecule has 0 aliphatic rings. The van der Waals surface area contributed by atoms with Gasteiger partial charge in [0.1, 0.15) is 41.1 Å². The van der Waals surface area contributed by atoms with E-state index in [1.165, 1.54) is 17.2 Å². The number of rotatable bonds is 18. The first-order valence-corrected chi connectivity index (χ1v) is 41.0. The second kappa shape index (κ2) is 45.5. The fourth-order valence-corrected chi connectivity index (χ4v) is 13.8. The molecule has 0 radical (unpaired) electrons. The predicted octanol–water partition coefficient (Wildman–Crippen LogP) is 26.2. The number of carboxylic acid groups (broad SMARTS) is 1. The zero-order valence-corrected chi connectivity index (χ0v) is 82.6. The first kappa shape index (κ1) is 104. The maximum absolute atomic E-state index is 14.4. The summed E-state index contributed by atoms with van der Waals surface area (Å²) in [6.07, 6.45) is 3.78. The number of halogens is 10. The zero-order valence-electron chi connectivity index (χ0n) is 73.5. The Morgan fingerprint density at radius 3 is 0.985 bits per heavy atom. The summed E-state index contributed by atoms with van der Waals surface area (Å²) in [4.78, 5) is 57.6. The van der Waals surface area contributed by atoms with Gasteiger partial charge in [-0.15, -0.1) is 108 Å². The van der Waals surface area contributed by atoms with Gasteiger partial charge in [0.2, 0.25) is 0 Å². The molecule has 7 aromatic carbocycles. The van der Waals surface area contributed by atoms with E-state index in [0.717, 1.165) is 88.1 Å². The number of hydrogen-bond donors (Lipinski definition) is 1. The molecule has 17 rings (SSSR count). The minimum atomic E-state index is -1.12. The van der Waals surface area contributed by atoms with Crippen molar-refractivity contribution in [3.8, 4) is 78.8 Å². The smallest absolute Gasteiger partial charge is 0.477 e. The van der Waals surface area contributed by atoms with Gasteiger partial charge < -0.3 is 34.9 Å². The van der Waals surface area contributed by atoms with Gasteiger partial charge >= 0.3 is 69.2 Å². The van der Waals surface area contributed by atoms with Crippen molar-refractivity contribution in [3.63, 3.8) is 0 Å². The van der Waals surface area contributed by atoms with Gasteiger partial charge in [0.15, 0.2) is 0 Å². The molecule has 0 aliphatic carbocycles. The number of pyridine rings is 10. The molecular weight excluding hydrogens is 2460 g/mol. The standard InChI is InChI=1S/C36H35N3.C28H15F4N3.C23H14F4N4.C20H15F2N2O2.4Pt/c1-35(2,3)28-18-20-37-33(24-28)26-12-10-16-31(22-26)39(30-14-8-7-9-15-30)32-17-11-13-27(23-32)34-25-29(19-21-38-34)36(4,5)6;29-18-12-14-21(23(31)16-18)25-8-4-10-27(33-25)35(20-6-2-1-3-7-20)28-11-5-9-26(34-28)22-15-13-19(30)17-24(22)32;1-23(2,17-7-3-5-15(28-17)13-9-11-19(24)30-21(13)26)18-8-4-6-16(29-18)14-10-12-20(25)31-22(14)27;1-20(2,18-8-4-6-16(24-18)19(25)26)17-7-3-5-15(23-17)13-10-9-12(21)11-14(13)22;;;;/h7-21,24-25H,1-6H3;1-13,16-17H;3-8,11-12H,1-2H3;3-9,11H,1-2H3,(H,25,26);;;;/q3*-2;-1;;3*+2. The molecule has 0 spiro atoms. The number of para-hydroxylation sites is 2. The van der Waals surface area contributed by atoms with Crippen molar-refractivity contribution in [2.45, 2.75) is 90.9 Å². The van der Waals surface area contributed by atoms with Crippen LogP contribution in [0.25, 0.3) is 78.8 Å². The van der Waals surface area contributed by atoms with Crippen molar-refractivity contribution in [1.82, 2.24) is 49.8 Å². The van der Waals surface area contributed by atoms with Gasteiger partial charge in [-0.1, -0.05) is 215 Å². The Balaban J connectivity index is 0.000000186. The molecule has 28 heteroatoms. The number of carbonyl (C=O) groups is 1. The maximum atomic E-state index is 14.4. The second-order valence-corrected chi connectivity index (χ2v) is 33.0. The fraction of sp³-hybridized carbons (Fsp3) is 0.131. The van der Waals surface area contributed by atoms with E-state index in [0.29, 0.717) is 45.8 Å². The molecule has 0 saturated heterocycles. The van der Waals surface area contributed by atoms with Crippen LogP contribution < -0.4 is 9.80 Å². The quantitative estimate of drug-likeness (QED) is 0.0488. The van der Waals surface area contributed by atoms with Crippen LogP contribution in [0, 0.1) is 101 Å². The van der Waals surface area contributed by atoms with Gasteiger partial charge in [0.25, 0.3) is 0 Å². The largest absolute Gasteiger partial charge is 2.00 e. The number of anilines is 6. The van der Waals surface area contributed by atoms with Crippen molar-refractivity contribution in [2.24, 2.45) is 0 Å². The van der Waals surface area contributed by atoms with Crippen molar-refractivity contribution in [1.29, 1.82) is 0 Å². The predicted molar refractivity (Wildman–Crippen MR) is 484 cm³/mol. The molecular formula is C107H79F10N12O2Pt4-. The van der Waals surface area contributed by atoms with Crippen LogP contribution in [0.15, 0.2) is 291 Å². The fourth-order valence-electron chi connectivity index (χ4n) is 13.8. The Hall–Kier alpha value is -12.8. The summed E-state index contributed by atoms with van der Waals surface area (Å²) in [5.41, 5.74) is 11.7. The zero-order chi connectivity index (χ0) is 93.1. The molecule has 0 saturated carbocycles. The molecule has 0 aliphatic heterocycles. The van der Waals surface area contributed by atoms with Gasteiger partial charge in [-0.3, -0.25) is 51.2 Å². The summed E-state index contributed by atoms with van der Waals surface area (Å²) in [5.74, 6) is -8.84. The first-order chi connectivity index (χ1) is 62.6. The van der Waals surface area contributed by atoms with Crippen molar-refractivity contribution < 1.29 is 138 Å². The summed E-state index contributed by atoms with van der Waals surface area (Å²) in [6, 6.07) is 97.6. The molecule has 0 atom stereocenters. The van der Waals surface area contributed by atoms with E-state index in [1.54, 1.807) is 108 Å². The first-order valence-electron chi connectivity index (χ1n) is 41.0. The Labute approximate surface area is 833 Å². The molecule has 0 unspecified atom stereocenters. The average molecular weight is 2540 g/mol. The third-order valence-corrected chi connectivity index (χ3v) is 20.9. The summed E-state index contributed by atoms with van der Waals surface area (Å²) < 4.78 is 137. The summed E-state index contributed by atoms with van der Waals surface area (Å²) in [7, 11) is 0. The molecule has 0 fully saturated rings. The summed E-state index contributed by atoms with van der Waals surface area (Å²) in [5, 5.41) is 9.14. The van der Waals surface area contributed by atoms with Crippen LogP contribution in [-0.4, -0.2) is 60.9 Å². The Kier molecular flexibility index (Phi) is 35.1. The van der Waals surface area contributed by atoms with Crippen molar-refractivity contribution in [2.75, 3.05) is 9.80 Å². The van der Waals surface area contributed by atoms with Gasteiger partial charge in [-0.25, -0.2) is 27.3 Å². The maximum Gasteiger partial charge on any atom is 2.00 e. The Morgan fingerprint density at radius 1 is 0.319 bits per heavy atom. The normalized spacial score (nSPS) is 11.1. The molecule has 0 bridgehead atoms. The third kappa shape index (κ3) is 25.4. The monoisotopic (exact) mass is 2530 g/mol.